The summed E-state index contributed by atoms with van der Waals surface area (Å²) in [6.45, 7) is 14.9. The van der Waals surface area contributed by atoms with E-state index in [0.29, 0.717) is 53.7 Å². The van der Waals surface area contributed by atoms with Gasteiger partial charge in [0.2, 0.25) is 0 Å². The maximum absolute atomic E-state index is 13.5. The van der Waals surface area contributed by atoms with Gasteiger partial charge in [-0.05, 0) is 69.4 Å². The van der Waals surface area contributed by atoms with Gasteiger partial charge in [0, 0.05) is 63.6 Å². The van der Waals surface area contributed by atoms with Crippen molar-refractivity contribution in [2.45, 2.75) is 83.8 Å². The van der Waals surface area contributed by atoms with Crippen LogP contribution in [0.3, 0.4) is 0 Å². The number of likely N-dealkylation sites (tertiary alicyclic amines) is 2. The number of rotatable bonds is 7. The average molecular weight is 578 g/mol. The van der Waals surface area contributed by atoms with Gasteiger partial charge in [-0.3, -0.25) is 9.69 Å². The van der Waals surface area contributed by atoms with Crippen molar-refractivity contribution >= 4 is 12.0 Å². The molecule has 9 heteroatoms. The normalized spacial score (nSPS) is 30.1. The van der Waals surface area contributed by atoms with Crippen molar-refractivity contribution in [2.24, 2.45) is 23.7 Å². The second kappa shape index (κ2) is 11.4. The second-order valence-electron chi connectivity index (χ2n) is 13.9. The van der Waals surface area contributed by atoms with Gasteiger partial charge in [-0.2, -0.15) is 5.26 Å². The van der Waals surface area contributed by atoms with Crippen LogP contribution in [-0.2, 0) is 9.47 Å². The molecular weight excluding hydrogens is 530 g/mol. The molecule has 1 aliphatic carbocycles. The van der Waals surface area contributed by atoms with Gasteiger partial charge in [-0.1, -0.05) is 19.8 Å². The average Bonchev–Trinajstić information content (AvgIpc) is 3.37. The number of hydrogen-bond acceptors (Lipinski definition) is 7. The lowest BCUT2D eigenvalue weighted by atomic mass is 9.74. The molecule has 0 N–H and O–H groups in total. The first-order chi connectivity index (χ1) is 20.2. The summed E-state index contributed by atoms with van der Waals surface area (Å²) < 4.78 is 12.0. The van der Waals surface area contributed by atoms with Gasteiger partial charge in [0.1, 0.15) is 17.4 Å². The number of carbonyl (C=O) groups excluding carboxylic acids is 2. The number of amides is 2. The van der Waals surface area contributed by atoms with Gasteiger partial charge >= 0.3 is 6.09 Å². The highest BCUT2D eigenvalue weighted by Gasteiger charge is 2.57. The van der Waals surface area contributed by atoms with Gasteiger partial charge in [-0.25, -0.2) is 9.78 Å². The van der Waals surface area contributed by atoms with Crippen LogP contribution in [0.4, 0.5) is 4.79 Å². The number of aryl methyl sites for hydroxylation is 2. The number of ether oxygens (including phenoxy) is 2. The second-order valence-corrected chi connectivity index (χ2v) is 13.9. The van der Waals surface area contributed by atoms with Gasteiger partial charge in [0.15, 0.2) is 0 Å². The number of piperidine rings is 2. The zero-order valence-corrected chi connectivity index (χ0v) is 25.9. The Kier molecular flexibility index (Phi) is 7.99. The quantitative estimate of drug-likeness (QED) is 0.469. The first-order valence-corrected chi connectivity index (χ1v) is 16.2. The molecule has 1 saturated carbocycles. The van der Waals surface area contributed by atoms with Crippen molar-refractivity contribution in [3.63, 3.8) is 0 Å². The van der Waals surface area contributed by atoms with Crippen LogP contribution in [0.1, 0.15) is 86.1 Å². The molecule has 5 heterocycles. The molecule has 1 aromatic heterocycles. The monoisotopic (exact) mass is 577 g/mol. The van der Waals surface area contributed by atoms with Crippen LogP contribution in [-0.4, -0.2) is 95.3 Å². The van der Waals surface area contributed by atoms with E-state index in [1.165, 1.54) is 6.42 Å². The van der Waals surface area contributed by atoms with E-state index < -0.39 is 0 Å². The lowest BCUT2D eigenvalue weighted by Gasteiger charge is -2.55. The Morgan fingerprint density at radius 2 is 1.81 bits per heavy atom. The number of fused-ring (bicyclic) bond motifs is 1. The summed E-state index contributed by atoms with van der Waals surface area (Å²) >= 11 is 0. The maximum Gasteiger partial charge on any atom is 0.410 e. The first kappa shape index (κ1) is 29.4. The number of carbonyl (C=O) groups is 2. The maximum atomic E-state index is 13.5. The summed E-state index contributed by atoms with van der Waals surface area (Å²) in [7, 11) is 0. The fourth-order valence-corrected chi connectivity index (χ4v) is 8.48. The van der Waals surface area contributed by atoms with Gasteiger partial charge in [0.05, 0.1) is 24.5 Å². The van der Waals surface area contributed by atoms with Gasteiger partial charge in [0.25, 0.3) is 5.91 Å². The fourth-order valence-electron chi connectivity index (χ4n) is 8.48. The molecule has 5 aliphatic rings. The zero-order chi connectivity index (χ0) is 29.6. The van der Waals surface area contributed by atoms with Crippen molar-refractivity contribution in [1.82, 2.24) is 19.7 Å². The molecule has 9 nitrogen and oxygen atoms in total. The van der Waals surface area contributed by atoms with E-state index in [1.807, 2.05) is 23.6 Å². The molecule has 1 aromatic rings. The molecule has 6 rings (SSSR count). The summed E-state index contributed by atoms with van der Waals surface area (Å²) in [5.41, 5.74) is 2.07. The standard InChI is InChI=1S/C33H47N5O4/c1-5-6-7-24-18-37(19-26-27-20-41-21-28(26)27)31(40)42-33(24)10-14-38(15-11-33)32(4)8-12-36(13-9-32)30(39)29-22(2)16-25(17-34)35-23(29)3/h16,24,26-28H,5-15,18-21H2,1-4H3/t24-,26-,27+,28-/m0/s1. The molecule has 5 fully saturated rings. The van der Waals surface area contributed by atoms with E-state index in [2.05, 4.69) is 29.8 Å². The van der Waals surface area contributed by atoms with Crippen molar-refractivity contribution in [2.75, 3.05) is 52.5 Å². The smallest absolute Gasteiger partial charge is 0.410 e. The first-order valence-electron chi connectivity index (χ1n) is 16.2. The molecule has 0 unspecified atom stereocenters. The zero-order valence-electron chi connectivity index (χ0n) is 25.9. The highest BCUT2D eigenvalue weighted by Crippen LogP contribution is 2.52. The van der Waals surface area contributed by atoms with Gasteiger partial charge in [-0.15, -0.1) is 0 Å². The molecule has 0 radical (unpaired) electrons. The molecule has 4 saturated heterocycles. The number of unbranched alkanes of at least 4 members (excludes halogenated alkanes) is 1. The summed E-state index contributed by atoms with van der Waals surface area (Å²) in [5.74, 6) is 2.27. The van der Waals surface area contributed by atoms with E-state index in [-0.39, 0.29) is 23.1 Å². The molecule has 0 bridgehead atoms. The Balaban J connectivity index is 1.07. The minimum atomic E-state index is -0.355. The molecule has 2 amide bonds. The summed E-state index contributed by atoms with van der Waals surface area (Å²) in [6, 6.07) is 3.78. The highest BCUT2D eigenvalue weighted by atomic mass is 16.6. The molecule has 1 spiro atoms. The van der Waals surface area contributed by atoms with Crippen molar-refractivity contribution < 1.29 is 19.1 Å². The van der Waals surface area contributed by atoms with Crippen molar-refractivity contribution in [3.8, 4) is 6.07 Å². The largest absolute Gasteiger partial charge is 0.442 e. The van der Waals surface area contributed by atoms with Crippen molar-refractivity contribution in [1.29, 1.82) is 5.26 Å². The summed E-state index contributed by atoms with van der Waals surface area (Å²) in [5, 5.41) is 9.22. The predicted octanol–water partition coefficient (Wildman–Crippen LogP) is 4.55. The van der Waals surface area contributed by atoms with Crippen LogP contribution in [0, 0.1) is 48.9 Å². The number of aromatic nitrogens is 1. The molecular formula is C33H47N5O4. The van der Waals surface area contributed by atoms with E-state index in [0.717, 1.165) is 83.5 Å². The van der Waals surface area contributed by atoms with E-state index in [9.17, 15) is 14.9 Å². The third-order valence-corrected chi connectivity index (χ3v) is 11.4. The van der Waals surface area contributed by atoms with Crippen LogP contribution in [0.5, 0.6) is 0 Å². The molecule has 4 aliphatic heterocycles. The SMILES string of the molecule is CCCC[C@H]1CN(C[C@@H]2[C@@H]3COC[C@@H]32)C(=O)OC12CCN(C1(C)CCN(C(=O)c3c(C)cc(C#N)nc3C)CC1)CC2. The minimum absolute atomic E-state index is 0.0147. The Labute approximate surface area is 250 Å². The topological polar surface area (TPSA) is 99.0 Å². The molecule has 42 heavy (non-hydrogen) atoms. The third-order valence-electron chi connectivity index (χ3n) is 11.4. The molecule has 4 atom stereocenters. The minimum Gasteiger partial charge on any atom is -0.442 e. The van der Waals surface area contributed by atoms with Crippen molar-refractivity contribution in [3.05, 3.63) is 28.6 Å². The van der Waals surface area contributed by atoms with E-state index in [4.69, 9.17) is 9.47 Å². The number of nitrogens with zero attached hydrogens (tertiary/aromatic N) is 5. The highest BCUT2D eigenvalue weighted by molar-refractivity contribution is 5.96. The number of nitriles is 1. The molecule has 0 aromatic carbocycles. The van der Waals surface area contributed by atoms with Crippen LogP contribution < -0.4 is 0 Å². The van der Waals surface area contributed by atoms with Gasteiger partial charge < -0.3 is 19.3 Å². The van der Waals surface area contributed by atoms with E-state index in [1.54, 1.807) is 6.07 Å². The van der Waals surface area contributed by atoms with Crippen LogP contribution >= 0.6 is 0 Å². The van der Waals surface area contributed by atoms with E-state index >= 15 is 0 Å². The lowest BCUT2D eigenvalue weighted by molar-refractivity contribution is -0.133. The Bertz CT molecular complexity index is 1210. The summed E-state index contributed by atoms with van der Waals surface area (Å²) in [4.78, 5) is 37.7. The number of hydrogen-bond donors (Lipinski definition) is 0. The predicted molar refractivity (Wildman–Crippen MR) is 158 cm³/mol. The third kappa shape index (κ3) is 5.30. The van der Waals surface area contributed by atoms with Crippen LogP contribution in [0.2, 0.25) is 0 Å². The van der Waals surface area contributed by atoms with Crippen LogP contribution in [0.25, 0.3) is 0 Å². The lowest BCUT2D eigenvalue weighted by Crippen LogP contribution is -2.63. The Hall–Kier alpha value is -2.70. The Morgan fingerprint density at radius 1 is 1.12 bits per heavy atom. The molecule has 228 valence electrons. The van der Waals surface area contributed by atoms with Crippen LogP contribution in [0.15, 0.2) is 6.07 Å². The summed E-state index contributed by atoms with van der Waals surface area (Å²) in [6.07, 6.45) is 6.91. The fraction of sp³-hybridized carbons (Fsp3) is 0.758. The Morgan fingerprint density at radius 3 is 2.43 bits per heavy atom. The number of pyridine rings is 1.